The Morgan fingerprint density at radius 2 is 2.25 bits per heavy atom. The summed E-state index contributed by atoms with van der Waals surface area (Å²) in [5, 5.41) is 0. The summed E-state index contributed by atoms with van der Waals surface area (Å²) in [5.41, 5.74) is 0. The summed E-state index contributed by atoms with van der Waals surface area (Å²) in [6.07, 6.45) is 7.33. The van der Waals surface area contributed by atoms with E-state index in [9.17, 15) is 0 Å². The molecule has 0 bridgehead atoms. The first-order valence-corrected chi connectivity index (χ1v) is 3.05. The minimum atomic E-state index is 0.631. The molecule has 0 saturated heterocycles. The van der Waals surface area contributed by atoms with Crippen LogP contribution in [0.2, 0.25) is 0 Å². The minimum Gasteiger partial charge on any atom is -0.103 e. The third-order valence-electron chi connectivity index (χ3n) is 1.15. The van der Waals surface area contributed by atoms with Crippen LogP contribution in [0.4, 0.5) is 0 Å². The van der Waals surface area contributed by atoms with E-state index in [0.717, 1.165) is 6.42 Å². The molecule has 0 aliphatic carbocycles. The lowest BCUT2D eigenvalue weighted by molar-refractivity contribution is 0.746. The zero-order valence-corrected chi connectivity index (χ0v) is 5.72. The summed E-state index contributed by atoms with van der Waals surface area (Å²) in [7, 11) is 0. The number of allylic oxidation sites excluding steroid dienone is 3. The van der Waals surface area contributed by atoms with Gasteiger partial charge in [-0.25, -0.2) is 0 Å². The molecule has 1 unspecified atom stereocenters. The van der Waals surface area contributed by atoms with E-state index in [-0.39, 0.29) is 0 Å². The van der Waals surface area contributed by atoms with E-state index in [1.807, 2.05) is 13.0 Å². The molecule has 0 aromatic rings. The van der Waals surface area contributed by atoms with Gasteiger partial charge in [0.2, 0.25) is 0 Å². The summed E-state index contributed by atoms with van der Waals surface area (Å²) in [6.45, 7) is 7.88. The van der Waals surface area contributed by atoms with Crippen LogP contribution in [0, 0.1) is 5.92 Å². The van der Waals surface area contributed by atoms with E-state index >= 15 is 0 Å². The monoisotopic (exact) mass is 110 g/mol. The summed E-state index contributed by atoms with van der Waals surface area (Å²) in [4.78, 5) is 0. The van der Waals surface area contributed by atoms with Gasteiger partial charge in [0.15, 0.2) is 0 Å². The van der Waals surface area contributed by atoms with Crippen LogP contribution in [0.1, 0.15) is 20.3 Å². The predicted octanol–water partition coefficient (Wildman–Crippen LogP) is 2.77. The number of hydrogen-bond donors (Lipinski definition) is 0. The van der Waals surface area contributed by atoms with E-state index in [2.05, 4.69) is 25.7 Å². The van der Waals surface area contributed by atoms with E-state index in [1.54, 1.807) is 0 Å². The fourth-order valence-corrected chi connectivity index (χ4v) is 0.447. The van der Waals surface area contributed by atoms with E-state index < -0.39 is 0 Å². The lowest BCUT2D eigenvalue weighted by Crippen LogP contribution is -1.82. The van der Waals surface area contributed by atoms with Crippen LogP contribution in [0.3, 0.4) is 0 Å². The quantitative estimate of drug-likeness (QED) is 0.490. The van der Waals surface area contributed by atoms with Gasteiger partial charge in [0, 0.05) is 0 Å². The van der Waals surface area contributed by atoms with Gasteiger partial charge in [-0.1, -0.05) is 25.2 Å². The van der Waals surface area contributed by atoms with Crippen molar-refractivity contribution in [2.45, 2.75) is 20.3 Å². The third-order valence-corrected chi connectivity index (χ3v) is 1.15. The topological polar surface area (TPSA) is 0 Å². The highest BCUT2D eigenvalue weighted by Crippen LogP contribution is 2.01. The highest BCUT2D eigenvalue weighted by Gasteiger charge is 1.87. The molecule has 0 heteroatoms. The summed E-state index contributed by atoms with van der Waals surface area (Å²) in [6, 6.07) is 0. The molecule has 46 valence electrons. The molecule has 0 spiro atoms. The van der Waals surface area contributed by atoms with E-state index in [0.29, 0.717) is 5.92 Å². The maximum Gasteiger partial charge on any atom is -0.0230 e. The van der Waals surface area contributed by atoms with Crippen LogP contribution in [0.15, 0.2) is 24.8 Å². The van der Waals surface area contributed by atoms with Crippen LogP contribution in [0.5, 0.6) is 0 Å². The zero-order chi connectivity index (χ0) is 6.41. The first kappa shape index (κ1) is 7.48. The summed E-state index contributed by atoms with van der Waals surface area (Å²) < 4.78 is 0. The Morgan fingerprint density at radius 3 is 2.62 bits per heavy atom. The van der Waals surface area contributed by atoms with Crippen molar-refractivity contribution in [2.24, 2.45) is 5.92 Å². The molecule has 0 heterocycles. The second kappa shape index (κ2) is 4.63. The van der Waals surface area contributed by atoms with Crippen LogP contribution in [-0.2, 0) is 0 Å². The molecule has 0 aromatic heterocycles. The molecule has 1 atom stereocenters. The minimum absolute atomic E-state index is 0.631. The van der Waals surface area contributed by atoms with Gasteiger partial charge in [0.25, 0.3) is 0 Å². The standard InChI is InChI=1S/C8H14/c1-4-6-7-8(3)5-2/h4-6,8H,2,7H2,1,3H3/b6-4-. The maximum atomic E-state index is 3.68. The van der Waals surface area contributed by atoms with Gasteiger partial charge in [-0.2, -0.15) is 0 Å². The van der Waals surface area contributed by atoms with Crippen molar-refractivity contribution >= 4 is 0 Å². The molecule has 0 nitrogen and oxygen atoms in total. The number of hydrogen-bond acceptors (Lipinski definition) is 0. The van der Waals surface area contributed by atoms with Gasteiger partial charge >= 0.3 is 0 Å². The largest absolute Gasteiger partial charge is 0.103 e. The first-order chi connectivity index (χ1) is 3.81. The molecule has 0 aromatic carbocycles. The molecule has 0 N–H and O–H groups in total. The van der Waals surface area contributed by atoms with Crippen molar-refractivity contribution in [1.29, 1.82) is 0 Å². The normalized spacial score (nSPS) is 14.2. The number of rotatable bonds is 3. The molecule has 0 saturated carbocycles. The molecule has 0 radical (unpaired) electrons. The van der Waals surface area contributed by atoms with Crippen molar-refractivity contribution in [3.8, 4) is 0 Å². The molecule has 0 aliphatic heterocycles. The zero-order valence-electron chi connectivity index (χ0n) is 5.72. The molecule has 8 heavy (non-hydrogen) atoms. The van der Waals surface area contributed by atoms with Crippen molar-refractivity contribution in [3.05, 3.63) is 24.8 Å². The smallest absolute Gasteiger partial charge is 0.0230 e. The van der Waals surface area contributed by atoms with Crippen LogP contribution >= 0.6 is 0 Å². The van der Waals surface area contributed by atoms with Crippen molar-refractivity contribution < 1.29 is 0 Å². The first-order valence-electron chi connectivity index (χ1n) is 3.05. The molecular weight excluding hydrogens is 96.1 g/mol. The average Bonchev–Trinajstić information content (AvgIpc) is 1.83. The van der Waals surface area contributed by atoms with E-state index in [1.165, 1.54) is 0 Å². The van der Waals surface area contributed by atoms with Gasteiger partial charge < -0.3 is 0 Å². The van der Waals surface area contributed by atoms with Gasteiger partial charge in [-0.15, -0.1) is 6.58 Å². The molecule has 0 fully saturated rings. The van der Waals surface area contributed by atoms with Crippen LogP contribution < -0.4 is 0 Å². The van der Waals surface area contributed by atoms with Gasteiger partial charge in [-0.05, 0) is 19.3 Å². The van der Waals surface area contributed by atoms with Gasteiger partial charge in [-0.3, -0.25) is 0 Å². The van der Waals surface area contributed by atoms with Crippen LogP contribution in [-0.4, -0.2) is 0 Å². The Labute approximate surface area is 51.9 Å². The molecular formula is C8H14. The second-order valence-electron chi connectivity index (χ2n) is 2.02. The Bertz CT molecular complexity index is 80.0. The van der Waals surface area contributed by atoms with Crippen molar-refractivity contribution in [3.63, 3.8) is 0 Å². The average molecular weight is 110 g/mol. The highest BCUT2D eigenvalue weighted by atomic mass is 13.9. The molecule has 0 aliphatic rings. The SMILES string of the molecule is C=CC(C)C/C=C\C. The van der Waals surface area contributed by atoms with Crippen molar-refractivity contribution in [1.82, 2.24) is 0 Å². The highest BCUT2D eigenvalue weighted by molar-refractivity contribution is 4.85. The third kappa shape index (κ3) is 3.66. The van der Waals surface area contributed by atoms with Crippen molar-refractivity contribution in [2.75, 3.05) is 0 Å². The predicted molar refractivity (Wildman–Crippen MR) is 38.8 cm³/mol. The van der Waals surface area contributed by atoms with E-state index in [4.69, 9.17) is 0 Å². The fourth-order valence-electron chi connectivity index (χ4n) is 0.447. The Morgan fingerprint density at radius 1 is 1.62 bits per heavy atom. The van der Waals surface area contributed by atoms with Gasteiger partial charge in [0.1, 0.15) is 0 Å². The van der Waals surface area contributed by atoms with Gasteiger partial charge in [0.05, 0.1) is 0 Å². The fraction of sp³-hybridized carbons (Fsp3) is 0.500. The second-order valence-corrected chi connectivity index (χ2v) is 2.02. The Kier molecular flexibility index (Phi) is 4.33. The lowest BCUT2D eigenvalue weighted by atomic mass is 10.1. The summed E-state index contributed by atoms with van der Waals surface area (Å²) in [5.74, 6) is 0.631. The summed E-state index contributed by atoms with van der Waals surface area (Å²) >= 11 is 0. The van der Waals surface area contributed by atoms with Crippen LogP contribution in [0.25, 0.3) is 0 Å². The Hall–Kier alpha value is -0.520. The molecule has 0 rings (SSSR count). The molecule has 0 amide bonds. The Balaban J connectivity index is 3.23. The lowest BCUT2D eigenvalue weighted by Gasteiger charge is -1.96. The maximum absolute atomic E-state index is 3.68.